The molecule has 128 valence electrons. The van der Waals surface area contributed by atoms with Crippen LogP contribution in [-0.4, -0.2) is 14.7 Å². The number of aldehydes is 1. The van der Waals surface area contributed by atoms with Crippen LogP contribution in [0.5, 0.6) is 0 Å². The van der Waals surface area contributed by atoms with E-state index < -0.39 is 10.0 Å². The average molecular weight is 396 g/mol. The van der Waals surface area contributed by atoms with Crippen LogP contribution >= 0.6 is 23.2 Å². The van der Waals surface area contributed by atoms with Crippen LogP contribution in [0, 0.1) is 0 Å². The molecule has 1 heterocycles. The van der Waals surface area contributed by atoms with Crippen molar-refractivity contribution in [3.8, 4) is 11.3 Å². The summed E-state index contributed by atoms with van der Waals surface area (Å²) in [6, 6.07) is 13.7. The predicted molar refractivity (Wildman–Crippen MR) is 96.8 cm³/mol. The van der Waals surface area contributed by atoms with E-state index in [1.807, 2.05) is 0 Å². The second-order valence-electron chi connectivity index (χ2n) is 5.08. The van der Waals surface area contributed by atoms with E-state index >= 15 is 0 Å². The van der Waals surface area contributed by atoms with Gasteiger partial charge < -0.3 is 4.42 Å². The summed E-state index contributed by atoms with van der Waals surface area (Å²) >= 11 is 11.7. The number of hydrogen-bond donors (Lipinski definition) is 1. The quantitative estimate of drug-likeness (QED) is 0.625. The number of sulfonamides is 1. The normalized spacial score (nSPS) is 11.3. The third-order valence-corrected chi connectivity index (χ3v) is 5.50. The van der Waals surface area contributed by atoms with Gasteiger partial charge in [0.1, 0.15) is 5.76 Å². The van der Waals surface area contributed by atoms with Gasteiger partial charge in [-0.2, -0.15) is 0 Å². The molecule has 0 fully saturated rings. The molecular weight excluding hydrogens is 385 g/mol. The van der Waals surface area contributed by atoms with Crippen LogP contribution < -0.4 is 4.72 Å². The van der Waals surface area contributed by atoms with Crippen LogP contribution in [0.4, 0.5) is 5.69 Å². The van der Waals surface area contributed by atoms with Gasteiger partial charge >= 0.3 is 0 Å². The number of anilines is 1. The minimum absolute atomic E-state index is 0.0736. The molecule has 0 bridgehead atoms. The van der Waals surface area contributed by atoms with E-state index in [0.717, 1.165) is 0 Å². The fourth-order valence-corrected chi connectivity index (χ4v) is 3.49. The molecule has 8 heteroatoms. The molecule has 0 unspecified atom stereocenters. The SMILES string of the molecule is O=Cc1ccc(-c2ccc(S(=O)(=O)Nc3ccc(Cl)c(Cl)c3)cc2)o1. The number of benzene rings is 2. The van der Waals surface area contributed by atoms with Gasteiger partial charge in [0.25, 0.3) is 10.0 Å². The van der Waals surface area contributed by atoms with E-state index in [1.165, 1.54) is 30.3 Å². The average Bonchev–Trinajstić information content (AvgIpc) is 3.07. The van der Waals surface area contributed by atoms with Crippen LogP contribution in [0.15, 0.2) is 63.9 Å². The first-order chi connectivity index (χ1) is 11.9. The smallest absolute Gasteiger partial charge is 0.261 e. The molecule has 1 N–H and O–H groups in total. The number of furan rings is 1. The Morgan fingerprint density at radius 3 is 2.24 bits per heavy atom. The van der Waals surface area contributed by atoms with Crippen molar-refractivity contribution in [3.05, 3.63) is 70.4 Å². The monoisotopic (exact) mass is 395 g/mol. The molecule has 0 aliphatic carbocycles. The zero-order chi connectivity index (χ0) is 18.0. The maximum Gasteiger partial charge on any atom is 0.261 e. The summed E-state index contributed by atoms with van der Waals surface area (Å²) in [5, 5.41) is 0.586. The number of hydrogen-bond acceptors (Lipinski definition) is 4. The summed E-state index contributed by atoms with van der Waals surface area (Å²) in [7, 11) is -3.78. The summed E-state index contributed by atoms with van der Waals surface area (Å²) in [6.07, 6.45) is 0.601. The molecule has 0 atom stereocenters. The summed E-state index contributed by atoms with van der Waals surface area (Å²) in [5.74, 6) is 0.677. The second-order valence-corrected chi connectivity index (χ2v) is 7.58. The Labute approximate surface area is 154 Å². The van der Waals surface area contributed by atoms with Crippen molar-refractivity contribution in [2.24, 2.45) is 0 Å². The van der Waals surface area contributed by atoms with Crippen molar-refractivity contribution >= 4 is 45.2 Å². The van der Waals surface area contributed by atoms with Crippen LogP contribution in [0.1, 0.15) is 10.6 Å². The molecule has 0 amide bonds. The first kappa shape index (κ1) is 17.5. The Morgan fingerprint density at radius 2 is 1.64 bits per heavy atom. The van der Waals surface area contributed by atoms with Crippen LogP contribution in [0.2, 0.25) is 10.0 Å². The van der Waals surface area contributed by atoms with Gasteiger partial charge in [-0.05, 0) is 54.6 Å². The topological polar surface area (TPSA) is 76.4 Å². The van der Waals surface area contributed by atoms with Gasteiger partial charge in [-0.15, -0.1) is 0 Å². The molecule has 0 aliphatic rings. The molecule has 5 nitrogen and oxygen atoms in total. The highest BCUT2D eigenvalue weighted by Crippen LogP contribution is 2.27. The van der Waals surface area contributed by atoms with Crippen molar-refractivity contribution in [2.75, 3.05) is 4.72 Å². The van der Waals surface area contributed by atoms with Crippen molar-refractivity contribution in [3.63, 3.8) is 0 Å². The standard InChI is InChI=1S/C17H11Cl2NO4S/c18-15-7-3-12(9-16(15)19)20-25(22,23)14-5-1-11(2-6-14)17-8-4-13(10-21)24-17/h1-10,20H. The van der Waals surface area contributed by atoms with E-state index in [0.29, 0.717) is 28.3 Å². The fourth-order valence-electron chi connectivity index (χ4n) is 2.14. The largest absolute Gasteiger partial charge is 0.453 e. The van der Waals surface area contributed by atoms with Crippen LogP contribution in [0.25, 0.3) is 11.3 Å². The number of carbonyl (C=O) groups is 1. The summed E-state index contributed by atoms with van der Waals surface area (Å²) in [5.41, 5.74) is 0.960. The fraction of sp³-hybridized carbons (Fsp3) is 0. The van der Waals surface area contributed by atoms with Gasteiger partial charge in [-0.3, -0.25) is 9.52 Å². The Kier molecular flexibility index (Phi) is 4.85. The molecule has 0 aliphatic heterocycles. The molecule has 0 saturated carbocycles. The van der Waals surface area contributed by atoms with Crippen molar-refractivity contribution in [2.45, 2.75) is 4.90 Å². The van der Waals surface area contributed by atoms with E-state index in [-0.39, 0.29) is 15.7 Å². The zero-order valence-electron chi connectivity index (χ0n) is 12.6. The molecule has 0 saturated heterocycles. The Morgan fingerprint density at radius 1 is 0.920 bits per heavy atom. The minimum Gasteiger partial charge on any atom is -0.453 e. The van der Waals surface area contributed by atoms with Crippen molar-refractivity contribution in [1.82, 2.24) is 0 Å². The Hall–Kier alpha value is -2.28. The Bertz CT molecular complexity index is 1030. The highest BCUT2D eigenvalue weighted by Gasteiger charge is 2.15. The molecule has 1 aromatic heterocycles. The number of carbonyl (C=O) groups excluding carboxylic acids is 1. The molecule has 25 heavy (non-hydrogen) atoms. The Balaban J connectivity index is 1.84. The first-order valence-corrected chi connectivity index (χ1v) is 9.26. The summed E-state index contributed by atoms with van der Waals surface area (Å²) in [4.78, 5) is 10.7. The van der Waals surface area contributed by atoms with E-state index in [9.17, 15) is 13.2 Å². The third-order valence-electron chi connectivity index (χ3n) is 3.36. The maximum atomic E-state index is 12.4. The summed E-state index contributed by atoms with van der Waals surface area (Å²) < 4.78 is 32.6. The van der Waals surface area contributed by atoms with Crippen LogP contribution in [-0.2, 0) is 10.0 Å². The molecule has 0 spiro atoms. The first-order valence-electron chi connectivity index (χ1n) is 7.02. The lowest BCUT2D eigenvalue weighted by Crippen LogP contribution is -2.12. The maximum absolute atomic E-state index is 12.4. The number of rotatable bonds is 5. The molecule has 3 aromatic rings. The van der Waals surface area contributed by atoms with Crippen LogP contribution in [0.3, 0.4) is 0 Å². The van der Waals surface area contributed by atoms with Crippen molar-refractivity contribution < 1.29 is 17.6 Å². The zero-order valence-corrected chi connectivity index (χ0v) is 14.9. The van der Waals surface area contributed by atoms with Gasteiger partial charge in [-0.1, -0.05) is 23.2 Å². The lowest BCUT2D eigenvalue weighted by molar-refractivity contribution is 0.110. The molecular formula is C17H11Cl2NO4S. The highest BCUT2D eigenvalue weighted by molar-refractivity contribution is 7.92. The second kappa shape index (κ2) is 6.92. The third kappa shape index (κ3) is 3.87. The van der Waals surface area contributed by atoms with Gasteiger partial charge in [0.2, 0.25) is 0 Å². The van der Waals surface area contributed by atoms with Gasteiger partial charge in [0.15, 0.2) is 12.0 Å². The lowest BCUT2D eigenvalue weighted by atomic mass is 10.2. The van der Waals surface area contributed by atoms with E-state index in [2.05, 4.69) is 4.72 Å². The lowest BCUT2D eigenvalue weighted by Gasteiger charge is -2.09. The molecule has 0 radical (unpaired) electrons. The van der Waals surface area contributed by atoms with E-state index in [1.54, 1.807) is 24.3 Å². The minimum atomic E-state index is -3.78. The number of nitrogens with one attached hydrogen (secondary N) is 1. The predicted octanol–water partition coefficient (Wildman–Crippen LogP) is 4.87. The summed E-state index contributed by atoms with van der Waals surface area (Å²) in [6.45, 7) is 0. The van der Waals surface area contributed by atoms with Gasteiger partial charge in [0, 0.05) is 5.56 Å². The van der Waals surface area contributed by atoms with Crippen molar-refractivity contribution in [1.29, 1.82) is 0 Å². The van der Waals surface area contributed by atoms with E-state index in [4.69, 9.17) is 27.6 Å². The molecule has 3 rings (SSSR count). The highest BCUT2D eigenvalue weighted by atomic mass is 35.5. The van der Waals surface area contributed by atoms with Gasteiger partial charge in [0.05, 0.1) is 20.6 Å². The van der Waals surface area contributed by atoms with Gasteiger partial charge in [-0.25, -0.2) is 8.42 Å². The number of halogens is 2. The molecule has 2 aromatic carbocycles.